The van der Waals surface area contributed by atoms with Crippen LogP contribution in [0.5, 0.6) is 5.75 Å². The van der Waals surface area contributed by atoms with Crippen molar-refractivity contribution < 1.29 is 9.53 Å². The van der Waals surface area contributed by atoms with Crippen LogP contribution in [0.2, 0.25) is 0 Å². The Labute approximate surface area is 149 Å². The summed E-state index contributed by atoms with van der Waals surface area (Å²) in [6.07, 6.45) is 3.54. The van der Waals surface area contributed by atoms with Crippen LogP contribution in [-0.4, -0.2) is 30.1 Å². The lowest BCUT2D eigenvalue weighted by Crippen LogP contribution is -2.32. The molecule has 0 saturated carbocycles. The Hall–Kier alpha value is -2.56. The molecule has 5 nitrogen and oxygen atoms in total. The Morgan fingerprint density at radius 3 is 2.40 bits per heavy atom. The van der Waals surface area contributed by atoms with Gasteiger partial charge in [-0.2, -0.15) is 0 Å². The van der Waals surface area contributed by atoms with Gasteiger partial charge in [0, 0.05) is 19.3 Å². The number of aryl methyl sites for hydroxylation is 1. The van der Waals surface area contributed by atoms with Crippen LogP contribution < -0.4 is 15.4 Å². The number of benzene rings is 1. The number of aromatic nitrogens is 1. The highest BCUT2D eigenvalue weighted by Crippen LogP contribution is 2.15. The standard InChI is InChI=1S/C20H27N3O2/c1-14(2)25-18-10-7-16(8-11-18)6-5-15(3)23-20(24)17-9-12-19(21-4)22-13-17/h7-15H,5-6H2,1-4H3,(H,21,22)(H,23,24)/t15-/m0/s1. The van der Waals surface area contributed by atoms with Crippen LogP contribution in [0.4, 0.5) is 5.82 Å². The molecule has 1 heterocycles. The monoisotopic (exact) mass is 341 g/mol. The molecule has 0 radical (unpaired) electrons. The first-order valence-corrected chi connectivity index (χ1v) is 8.68. The second-order valence-corrected chi connectivity index (χ2v) is 6.41. The number of pyridine rings is 1. The molecular weight excluding hydrogens is 314 g/mol. The third-order valence-corrected chi connectivity index (χ3v) is 3.82. The van der Waals surface area contributed by atoms with E-state index in [0.717, 1.165) is 24.4 Å². The van der Waals surface area contributed by atoms with Crippen LogP contribution in [-0.2, 0) is 6.42 Å². The van der Waals surface area contributed by atoms with E-state index in [2.05, 4.69) is 27.8 Å². The Morgan fingerprint density at radius 2 is 1.84 bits per heavy atom. The van der Waals surface area contributed by atoms with Gasteiger partial charge in [0.15, 0.2) is 0 Å². The Balaban J connectivity index is 1.81. The molecule has 5 heteroatoms. The van der Waals surface area contributed by atoms with Gasteiger partial charge < -0.3 is 15.4 Å². The number of rotatable bonds is 8. The first-order chi connectivity index (χ1) is 12.0. The van der Waals surface area contributed by atoms with E-state index in [0.29, 0.717) is 5.56 Å². The van der Waals surface area contributed by atoms with Gasteiger partial charge in [0.25, 0.3) is 5.91 Å². The molecule has 0 aliphatic rings. The van der Waals surface area contributed by atoms with Gasteiger partial charge in [-0.05, 0) is 63.4 Å². The molecule has 0 spiro atoms. The minimum atomic E-state index is -0.0941. The van der Waals surface area contributed by atoms with Gasteiger partial charge in [-0.1, -0.05) is 12.1 Å². The van der Waals surface area contributed by atoms with Crippen molar-refractivity contribution in [3.8, 4) is 5.75 Å². The van der Waals surface area contributed by atoms with Crippen molar-refractivity contribution in [1.82, 2.24) is 10.3 Å². The maximum absolute atomic E-state index is 12.2. The highest BCUT2D eigenvalue weighted by molar-refractivity contribution is 5.94. The number of hydrogen-bond donors (Lipinski definition) is 2. The highest BCUT2D eigenvalue weighted by Gasteiger charge is 2.10. The lowest BCUT2D eigenvalue weighted by Gasteiger charge is -2.14. The molecule has 0 fully saturated rings. The van der Waals surface area contributed by atoms with E-state index >= 15 is 0 Å². The van der Waals surface area contributed by atoms with Crippen molar-refractivity contribution in [2.45, 2.75) is 45.8 Å². The molecule has 0 unspecified atom stereocenters. The van der Waals surface area contributed by atoms with Crippen LogP contribution in [0.1, 0.15) is 43.1 Å². The van der Waals surface area contributed by atoms with Gasteiger partial charge in [0.05, 0.1) is 11.7 Å². The fraction of sp³-hybridized carbons (Fsp3) is 0.400. The number of carbonyl (C=O) groups is 1. The smallest absolute Gasteiger partial charge is 0.253 e. The van der Waals surface area contributed by atoms with Crippen LogP contribution in [0.25, 0.3) is 0 Å². The van der Waals surface area contributed by atoms with E-state index in [4.69, 9.17) is 4.74 Å². The Kier molecular flexibility index (Phi) is 6.81. The third-order valence-electron chi connectivity index (χ3n) is 3.82. The van der Waals surface area contributed by atoms with Crippen molar-refractivity contribution in [3.05, 3.63) is 53.7 Å². The second-order valence-electron chi connectivity index (χ2n) is 6.41. The van der Waals surface area contributed by atoms with Crippen molar-refractivity contribution in [3.63, 3.8) is 0 Å². The number of hydrogen-bond acceptors (Lipinski definition) is 4. The lowest BCUT2D eigenvalue weighted by molar-refractivity contribution is 0.0938. The summed E-state index contributed by atoms with van der Waals surface area (Å²) in [5.41, 5.74) is 1.80. The van der Waals surface area contributed by atoms with Gasteiger partial charge >= 0.3 is 0 Å². The summed E-state index contributed by atoms with van der Waals surface area (Å²) in [5.74, 6) is 1.54. The van der Waals surface area contributed by atoms with Gasteiger partial charge in [0.2, 0.25) is 0 Å². The fourth-order valence-electron chi connectivity index (χ4n) is 2.45. The number of ether oxygens (including phenoxy) is 1. The van der Waals surface area contributed by atoms with Crippen molar-refractivity contribution in [2.75, 3.05) is 12.4 Å². The van der Waals surface area contributed by atoms with Gasteiger partial charge in [-0.25, -0.2) is 4.98 Å². The number of carbonyl (C=O) groups excluding carboxylic acids is 1. The third kappa shape index (κ3) is 6.10. The largest absolute Gasteiger partial charge is 0.491 e. The average molecular weight is 341 g/mol. The molecule has 2 rings (SSSR count). The number of anilines is 1. The normalized spacial score (nSPS) is 11.9. The first-order valence-electron chi connectivity index (χ1n) is 8.68. The second kappa shape index (κ2) is 9.06. The van der Waals surface area contributed by atoms with E-state index < -0.39 is 0 Å². The van der Waals surface area contributed by atoms with Crippen molar-refractivity contribution in [2.24, 2.45) is 0 Å². The first kappa shape index (κ1) is 18.8. The van der Waals surface area contributed by atoms with Crippen molar-refractivity contribution >= 4 is 11.7 Å². The molecule has 1 aromatic carbocycles. The molecule has 1 amide bonds. The minimum absolute atomic E-state index is 0.0862. The molecule has 1 aromatic heterocycles. The zero-order chi connectivity index (χ0) is 18.2. The molecule has 0 bridgehead atoms. The summed E-state index contributed by atoms with van der Waals surface area (Å²) in [4.78, 5) is 16.4. The molecule has 0 aliphatic heterocycles. The fourth-order valence-corrected chi connectivity index (χ4v) is 2.45. The average Bonchev–Trinajstić information content (AvgIpc) is 2.60. The minimum Gasteiger partial charge on any atom is -0.491 e. The molecule has 2 aromatic rings. The quantitative estimate of drug-likeness (QED) is 0.769. The van der Waals surface area contributed by atoms with Crippen LogP contribution in [0, 0.1) is 0 Å². The molecule has 0 aliphatic carbocycles. The number of nitrogens with one attached hydrogen (secondary N) is 2. The van der Waals surface area contributed by atoms with E-state index in [1.54, 1.807) is 25.4 Å². The SMILES string of the molecule is CNc1ccc(C(=O)N[C@@H](C)CCc2ccc(OC(C)C)cc2)cn1. The summed E-state index contributed by atoms with van der Waals surface area (Å²) in [7, 11) is 1.80. The summed E-state index contributed by atoms with van der Waals surface area (Å²) in [6, 6.07) is 11.8. The maximum Gasteiger partial charge on any atom is 0.253 e. The van der Waals surface area contributed by atoms with E-state index in [1.807, 2.05) is 32.9 Å². The van der Waals surface area contributed by atoms with E-state index in [1.165, 1.54) is 5.56 Å². The molecule has 1 atom stereocenters. The van der Waals surface area contributed by atoms with Crippen LogP contribution in [0.3, 0.4) is 0 Å². The predicted octanol–water partition coefficient (Wildman–Crippen LogP) is 3.66. The number of amides is 1. The molecule has 2 N–H and O–H groups in total. The van der Waals surface area contributed by atoms with Gasteiger partial charge in [0.1, 0.15) is 11.6 Å². The lowest BCUT2D eigenvalue weighted by atomic mass is 10.1. The van der Waals surface area contributed by atoms with Crippen LogP contribution in [0.15, 0.2) is 42.6 Å². The number of nitrogens with zero attached hydrogens (tertiary/aromatic N) is 1. The summed E-state index contributed by atoms with van der Waals surface area (Å²) < 4.78 is 5.65. The molecule has 25 heavy (non-hydrogen) atoms. The Bertz CT molecular complexity index is 666. The predicted molar refractivity (Wildman–Crippen MR) is 101 cm³/mol. The highest BCUT2D eigenvalue weighted by atomic mass is 16.5. The van der Waals surface area contributed by atoms with E-state index in [9.17, 15) is 4.79 Å². The summed E-state index contributed by atoms with van der Waals surface area (Å²) in [6.45, 7) is 6.05. The summed E-state index contributed by atoms with van der Waals surface area (Å²) >= 11 is 0. The summed E-state index contributed by atoms with van der Waals surface area (Å²) in [5, 5.41) is 5.95. The zero-order valence-corrected chi connectivity index (χ0v) is 15.4. The van der Waals surface area contributed by atoms with Gasteiger partial charge in [-0.15, -0.1) is 0 Å². The van der Waals surface area contributed by atoms with E-state index in [-0.39, 0.29) is 18.1 Å². The van der Waals surface area contributed by atoms with Crippen molar-refractivity contribution in [1.29, 1.82) is 0 Å². The molecular formula is C20H27N3O2. The Morgan fingerprint density at radius 1 is 1.12 bits per heavy atom. The molecule has 134 valence electrons. The zero-order valence-electron chi connectivity index (χ0n) is 15.4. The maximum atomic E-state index is 12.2. The van der Waals surface area contributed by atoms with Gasteiger partial charge in [-0.3, -0.25) is 4.79 Å². The molecule has 0 saturated heterocycles. The topological polar surface area (TPSA) is 63.2 Å². The van der Waals surface area contributed by atoms with Crippen LogP contribution >= 0.6 is 0 Å².